The van der Waals surface area contributed by atoms with Crippen molar-refractivity contribution in [1.29, 1.82) is 0 Å². The Morgan fingerprint density at radius 2 is 2.31 bits per heavy atom. The molecule has 5 heteroatoms. The molecular weight excluding hydrogens is 268 g/mol. The van der Waals surface area contributed by atoms with Crippen LogP contribution in [-0.2, 0) is 6.42 Å². The van der Waals surface area contributed by atoms with Crippen LogP contribution >= 0.6 is 15.9 Å². The van der Waals surface area contributed by atoms with Crippen LogP contribution in [0.25, 0.3) is 5.52 Å². The normalized spacial score (nSPS) is 13.2. The highest BCUT2D eigenvalue weighted by Gasteiger charge is 2.11. The molecule has 16 heavy (non-hydrogen) atoms. The van der Waals surface area contributed by atoms with Gasteiger partial charge in [0, 0.05) is 24.3 Å². The number of halogens is 1. The van der Waals surface area contributed by atoms with E-state index >= 15 is 0 Å². The summed E-state index contributed by atoms with van der Waals surface area (Å²) in [6.07, 6.45) is 2.78. The van der Waals surface area contributed by atoms with Crippen molar-refractivity contribution in [2.24, 2.45) is 0 Å². The van der Waals surface area contributed by atoms with E-state index in [1.807, 2.05) is 29.8 Å². The van der Waals surface area contributed by atoms with Crippen molar-refractivity contribution in [2.45, 2.75) is 19.4 Å². The molecule has 0 aromatic carbocycles. The van der Waals surface area contributed by atoms with E-state index in [1.54, 1.807) is 0 Å². The summed E-state index contributed by atoms with van der Waals surface area (Å²) in [7, 11) is 1.95. The Morgan fingerprint density at radius 1 is 1.56 bits per heavy atom. The van der Waals surface area contributed by atoms with Gasteiger partial charge in [-0.2, -0.15) is 0 Å². The molecule has 0 saturated carbocycles. The first-order valence-electron chi connectivity index (χ1n) is 5.21. The van der Waals surface area contributed by atoms with E-state index in [4.69, 9.17) is 5.73 Å². The van der Waals surface area contributed by atoms with E-state index in [0.29, 0.717) is 6.04 Å². The fraction of sp³-hybridized carbons (Fsp3) is 0.364. The molecular formula is C11H15BrN4. The number of aromatic nitrogens is 2. The van der Waals surface area contributed by atoms with Gasteiger partial charge in [0.2, 0.25) is 0 Å². The minimum absolute atomic E-state index is 0.388. The van der Waals surface area contributed by atoms with Gasteiger partial charge in [-0.05, 0) is 42.0 Å². The van der Waals surface area contributed by atoms with Gasteiger partial charge in [0.1, 0.15) is 10.4 Å². The highest BCUT2D eigenvalue weighted by atomic mass is 79.9. The smallest absolute Gasteiger partial charge is 0.132 e. The number of anilines is 1. The molecule has 86 valence electrons. The fourth-order valence-corrected chi connectivity index (χ4v) is 2.17. The Bertz CT molecular complexity index is 506. The number of nitrogen functional groups attached to an aromatic ring is 1. The third-order valence-corrected chi connectivity index (χ3v) is 3.25. The van der Waals surface area contributed by atoms with Crippen molar-refractivity contribution in [1.82, 2.24) is 14.7 Å². The molecule has 0 aliphatic carbocycles. The van der Waals surface area contributed by atoms with E-state index in [-0.39, 0.29) is 0 Å². The highest BCUT2D eigenvalue weighted by Crippen LogP contribution is 2.21. The number of hydrogen-bond donors (Lipinski definition) is 2. The van der Waals surface area contributed by atoms with Crippen molar-refractivity contribution in [3.63, 3.8) is 0 Å². The van der Waals surface area contributed by atoms with E-state index in [0.717, 1.165) is 28.1 Å². The van der Waals surface area contributed by atoms with Gasteiger partial charge in [0.15, 0.2) is 0 Å². The fourth-order valence-electron chi connectivity index (χ4n) is 1.64. The van der Waals surface area contributed by atoms with Crippen molar-refractivity contribution in [2.75, 3.05) is 12.8 Å². The number of nitrogens with one attached hydrogen (secondary N) is 1. The lowest BCUT2D eigenvalue weighted by molar-refractivity contribution is 0.589. The number of nitrogens with zero attached hydrogens (tertiary/aromatic N) is 2. The zero-order valence-electron chi connectivity index (χ0n) is 9.37. The maximum absolute atomic E-state index is 5.79. The zero-order chi connectivity index (χ0) is 11.7. The number of fused-ring (bicyclic) bond motifs is 1. The molecule has 0 radical (unpaired) electrons. The first kappa shape index (κ1) is 11.4. The van der Waals surface area contributed by atoms with Crippen molar-refractivity contribution < 1.29 is 0 Å². The number of likely N-dealkylation sites (N-methyl/N-ethyl adjacent to an activating group) is 1. The molecule has 0 saturated heterocycles. The average Bonchev–Trinajstić information content (AvgIpc) is 2.55. The molecule has 0 amide bonds. The Labute approximate surface area is 103 Å². The molecule has 2 rings (SSSR count). The van der Waals surface area contributed by atoms with Crippen LogP contribution in [0.2, 0.25) is 0 Å². The van der Waals surface area contributed by atoms with Gasteiger partial charge in [0.05, 0.1) is 5.52 Å². The number of hydrogen-bond acceptors (Lipinski definition) is 3. The largest absolute Gasteiger partial charge is 0.398 e. The first-order chi connectivity index (χ1) is 7.61. The molecule has 2 aromatic heterocycles. The van der Waals surface area contributed by atoms with Gasteiger partial charge >= 0.3 is 0 Å². The van der Waals surface area contributed by atoms with Crippen LogP contribution in [0, 0.1) is 0 Å². The van der Waals surface area contributed by atoms with Gasteiger partial charge in [-0.3, -0.25) is 0 Å². The standard InChI is InChI=1S/C11H15BrN4/c1-7(14-2)5-10-15-11(12)9-4-3-8(13)6-16(9)10/h3-4,6-7,14H,5,13H2,1-2H3. The molecule has 4 nitrogen and oxygen atoms in total. The van der Waals surface area contributed by atoms with E-state index in [9.17, 15) is 0 Å². The summed E-state index contributed by atoms with van der Waals surface area (Å²) in [6.45, 7) is 2.13. The zero-order valence-corrected chi connectivity index (χ0v) is 11.0. The Balaban J connectivity index is 2.48. The summed E-state index contributed by atoms with van der Waals surface area (Å²) < 4.78 is 2.90. The summed E-state index contributed by atoms with van der Waals surface area (Å²) in [5, 5.41) is 3.20. The lowest BCUT2D eigenvalue weighted by Gasteiger charge is -2.08. The minimum Gasteiger partial charge on any atom is -0.398 e. The molecule has 2 heterocycles. The molecule has 0 fully saturated rings. The molecule has 1 atom stereocenters. The predicted octanol–water partition coefficient (Wildman–Crippen LogP) is 1.83. The third-order valence-electron chi connectivity index (χ3n) is 2.67. The number of imidazole rings is 1. The minimum atomic E-state index is 0.388. The molecule has 3 N–H and O–H groups in total. The lowest BCUT2D eigenvalue weighted by atomic mass is 10.2. The van der Waals surface area contributed by atoms with Crippen LogP contribution in [0.15, 0.2) is 22.9 Å². The van der Waals surface area contributed by atoms with Gasteiger partial charge in [-0.25, -0.2) is 4.98 Å². The summed E-state index contributed by atoms with van der Waals surface area (Å²) in [5.41, 5.74) is 7.58. The molecule has 0 aliphatic heterocycles. The number of pyridine rings is 1. The number of rotatable bonds is 3. The quantitative estimate of drug-likeness (QED) is 0.903. The number of nitrogens with two attached hydrogens (primary N) is 1. The van der Waals surface area contributed by atoms with E-state index < -0.39 is 0 Å². The van der Waals surface area contributed by atoms with Gasteiger partial charge in [-0.1, -0.05) is 0 Å². The van der Waals surface area contributed by atoms with Gasteiger partial charge in [-0.15, -0.1) is 0 Å². The molecule has 0 spiro atoms. The Kier molecular flexibility index (Phi) is 3.16. The summed E-state index contributed by atoms with van der Waals surface area (Å²) in [6, 6.07) is 4.24. The van der Waals surface area contributed by atoms with Crippen LogP contribution in [0.4, 0.5) is 5.69 Å². The maximum atomic E-state index is 5.79. The molecule has 2 aromatic rings. The van der Waals surface area contributed by atoms with Crippen LogP contribution in [-0.4, -0.2) is 22.5 Å². The second-order valence-corrected chi connectivity index (χ2v) is 4.68. The average molecular weight is 283 g/mol. The Hall–Kier alpha value is -1.07. The van der Waals surface area contributed by atoms with E-state index in [2.05, 4.69) is 33.2 Å². The summed E-state index contributed by atoms with van der Waals surface area (Å²) in [5.74, 6) is 1.01. The van der Waals surface area contributed by atoms with Crippen LogP contribution < -0.4 is 11.1 Å². The van der Waals surface area contributed by atoms with Gasteiger partial charge < -0.3 is 15.5 Å². The van der Waals surface area contributed by atoms with Crippen molar-refractivity contribution in [3.8, 4) is 0 Å². The van der Waals surface area contributed by atoms with E-state index in [1.165, 1.54) is 0 Å². The molecule has 0 aliphatic rings. The second kappa shape index (κ2) is 4.43. The monoisotopic (exact) mass is 282 g/mol. The third kappa shape index (κ3) is 2.05. The summed E-state index contributed by atoms with van der Waals surface area (Å²) in [4.78, 5) is 4.50. The highest BCUT2D eigenvalue weighted by molar-refractivity contribution is 9.10. The molecule has 0 bridgehead atoms. The Morgan fingerprint density at radius 3 is 3.00 bits per heavy atom. The van der Waals surface area contributed by atoms with Crippen LogP contribution in [0.3, 0.4) is 0 Å². The molecule has 1 unspecified atom stereocenters. The van der Waals surface area contributed by atoms with Crippen LogP contribution in [0.1, 0.15) is 12.7 Å². The van der Waals surface area contributed by atoms with Crippen molar-refractivity contribution in [3.05, 3.63) is 28.8 Å². The SMILES string of the molecule is CNC(C)Cc1nc(Br)c2ccc(N)cn12. The van der Waals surface area contributed by atoms with Gasteiger partial charge in [0.25, 0.3) is 0 Å². The second-order valence-electron chi connectivity index (χ2n) is 3.93. The first-order valence-corrected chi connectivity index (χ1v) is 6.00. The summed E-state index contributed by atoms with van der Waals surface area (Å²) >= 11 is 3.46. The predicted molar refractivity (Wildman–Crippen MR) is 69.5 cm³/mol. The van der Waals surface area contributed by atoms with Crippen LogP contribution in [0.5, 0.6) is 0 Å². The van der Waals surface area contributed by atoms with Crippen molar-refractivity contribution >= 4 is 27.1 Å². The lowest BCUT2D eigenvalue weighted by Crippen LogP contribution is -2.24. The maximum Gasteiger partial charge on any atom is 0.132 e. The topological polar surface area (TPSA) is 55.3 Å².